The summed E-state index contributed by atoms with van der Waals surface area (Å²) < 4.78 is 25.2. The molecule has 1 N–H and O–H groups in total. The molecule has 3 aliphatic rings. The molecule has 1 saturated carbocycles. The van der Waals surface area contributed by atoms with Gasteiger partial charge in [0.2, 0.25) is 0 Å². The highest BCUT2D eigenvalue weighted by atomic mass is 28.4. The van der Waals surface area contributed by atoms with E-state index in [1.54, 1.807) is 6.92 Å². The molecule has 0 amide bonds. The molecule has 1 aromatic heterocycles. The molecule has 1 aromatic rings. The number of aromatic amines is 1. The van der Waals surface area contributed by atoms with Crippen LogP contribution in [-0.2, 0) is 23.4 Å². The number of hydrogen-bond donors (Lipinski definition) is 1. The lowest BCUT2D eigenvalue weighted by Gasteiger charge is -2.66. The van der Waals surface area contributed by atoms with Crippen molar-refractivity contribution in [3.05, 3.63) is 32.6 Å². The maximum atomic E-state index is 12.7. The van der Waals surface area contributed by atoms with Crippen molar-refractivity contribution in [3.63, 3.8) is 0 Å². The van der Waals surface area contributed by atoms with E-state index in [4.69, 9.17) is 18.6 Å². The first kappa shape index (κ1) is 20.5. The number of aromatic nitrogens is 2. The Bertz CT molecular complexity index is 993. The van der Waals surface area contributed by atoms with Crippen molar-refractivity contribution >= 4 is 14.3 Å². The van der Waals surface area contributed by atoms with Gasteiger partial charge in [0, 0.05) is 18.2 Å². The SMILES string of the molecule is COC(=O)[C@]12CC3(O[Si](C)(C)C(C)(C)C)OC(C31)[C@H](n1cc(C)c(=O)[nH]c1=O)O2. The third-order valence-electron chi connectivity index (χ3n) is 6.95. The molecule has 9 nitrogen and oxygen atoms in total. The third kappa shape index (κ3) is 2.59. The summed E-state index contributed by atoms with van der Waals surface area (Å²) in [6.07, 6.45) is 0.254. The molecule has 5 atom stereocenters. The van der Waals surface area contributed by atoms with Crippen molar-refractivity contribution in [1.29, 1.82) is 0 Å². The van der Waals surface area contributed by atoms with E-state index in [1.165, 1.54) is 17.9 Å². The maximum Gasteiger partial charge on any atom is 0.339 e. The summed E-state index contributed by atoms with van der Waals surface area (Å²) in [5, 5.41) is -0.0362. The number of aryl methyl sites for hydroxylation is 1. The quantitative estimate of drug-likeness (QED) is 0.575. The first-order valence-electron chi connectivity index (χ1n) is 9.74. The Kier molecular flexibility index (Phi) is 4.17. The smallest absolute Gasteiger partial charge is 0.339 e. The van der Waals surface area contributed by atoms with Crippen LogP contribution in [0.25, 0.3) is 0 Å². The molecule has 0 aromatic carbocycles. The number of methoxy groups -OCH3 is 1. The van der Waals surface area contributed by atoms with Crippen molar-refractivity contribution in [2.45, 2.75) is 76.0 Å². The number of ether oxygens (including phenoxy) is 3. The number of nitrogens with zero attached hydrogens (tertiary/aromatic N) is 1. The van der Waals surface area contributed by atoms with Crippen LogP contribution in [0.2, 0.25) is 18.1 Å². The fourth-order valence-corrected chi connectivity index (χ4v) is 5.82. The van der Waals surface area contributed by atoms with Gasteiger partial charge in [-0.05, 0) is 25.1 Å². The van der Waals surface area contributed by atoms with Gasteiger partial charge in [0.25, 0.3) is 5.56 Å². The highest BCUT2D eigenvalue weighted by Crippen LogP contribution is 2.71. The van der Waals surface area contributed by atoms with Crippen LogP contribution in [0, 0.1) is 12.8 Å². The summed E-state index contributed by atoms with van der Waals surface area (Å²) in [5.74, 6) is -1.78. The fourth-order valence-electron chi connectivity index (χ4n) is 4.41. The van der Waals surface area contributed by atoms with Gasteiger partial charge in [0.1, 0.15) is 6.10 Å². The summed E-state index contributed by atoms with van der Waals surface area (Å²) >= 11 is 0. The average Bonchev–Trinajstić information content (AvgIpc) is 2.69. The zero-order valence-electron chi connectivity index (χ0n) is 17.8. The van der Waals surface area contributed by atoms with Crippen molar-refractivity contribution in [2.75, 3.05) is 7.11 Å². The van der Waals surface area contributed by atoms with Crippen LogP contribution >= 0.6 is 0 Å². The molecule has 160 valence electrons. The van der Waals surface area contributed by atoms with E-state index in [-0.39, 0.29) is 17.4 Å². The van der Waals surface area contributed by atoms with E-state index in [0.717, 1.165) is 0 Å². The number of H-pyrrole nitrogens is 1. The molecular formula is C19H28N2O7Si. The Morgan fingerprint density at radius 3 is 2.55 bits per heavy atom. The van der Waals surface area contributed by atoms with Crippen molar-refractivity contribution in [1.82, 2.24) is 9.55 Å². The van der Waals surface area contributed by atoms with Crippen molar-refractivity contribution < 1.29 is 23.4 Å². The number of hydrogen-bond acceptors (Lipinski definition) is 7. The number of carbonyl (C=O) groups is 1. The maximum absolute atomic E-state index is 12.7. The molecule has 2 aliphatic heterocycles. The van der Waals surface area contributed by atoms with Gasteiger partial charge in [-0.3, -0.25) is 14.3 Å². The van der Waals surface area contributed by atoms with E-state index in [0.29, 0.717) is 5.56 Å². The highest BCUT2D eigenvalue weighted by molar-refractivity contribution is 6.74. The summed E-state index contributed by atoms with van der Waals surface area (Å²) in [6.45, 7) is 12.2. The van der Waals surface area contributed by atoms with Crippen LogP contribution in [0.15, 0.2) is 15.8 Å². The normalized spacial score (nSPS) is 35.5. The second-order valence-corrected chi connectivity index (χ2v) is 14.5. The van der Waals surface area contributed by atoms with Gasteiger partial charge in [-0.2, -0.15) is 0 Å². The minimum atomic E-state index is -2.19. The lowest BCUT2D eigenvalue weighted by molar-refractivity contribution is -0.416. The molecule has 3 fully saturated rings. The molecule has 3 unspecified atom stereocenters. The summed E-state index contributed by atoms with van der Waals surface area (Å²) in [4.78, 5) is 39.0. The lowest BCUT2D eigenvalue weighted by Crippen LogP contribution is -2.81. The summed E-state index contributed by atoms with van der Waals surface area (Å²) in [7, 11) is -0.874. The predicted molar refractivity (Wildman–Crippen MR) is 105 cm³/mol. The van der Waals surface area contributed by atoms with Gasteiger partial charge < -0.3 is 18.6 Å². The third-order valence-corrected chi connectivity index (χ3v) is 11.4. The molecule has 0 bridgehead atoms. The van der Waals surface area contributed by atoms with E-state index in [1.807, 2.05) is 0 Å². The van der Waals surface area contributed by atoms with E-state index in [2.05, 4.69) is 38.8 Å². The molecule has 29 heavy (non-hydrogen) atoms. The van der Waals surface area contributed by atoms with E-state index in [9.17, 15) is 14.4 Å². The Morgan fingerprint density at radius 1 is 1.31 bits per heavy atom. The number of rotatable bonds is 4. The Labute approximate surface area is 169 Å². The minimum absolute atomic E-state index is 0.0362. The predicted octanol–water partition coefficient (Wildman–Crippen LogP) is 1.42. The van der Waals surface area contributed by atoms with Gasteiger partial charge in [-0.15, -0.1) is 0 Å². The molecule has 0 spiro atoms. The molecule has 10 heteroatoms. The van der Waals surface area contributed by atoms with Gasteiger partial charge in [0.05, 0.1) is 13.0 Å². The summed E-state index contributed by atoms with van der Waals surface area (Å²) in [5.41, 5.74) is -1.92. The topological polar surface area (TPSA) is 109 Å². The first-order valence-corrected chi connectivity index (χ1v) is 12.7. The van der Waals surface area contributed by atoms with E-state index >= 15 is 0 Å². The molecule has 0 radical (unpaired) electrons. The van der Waals surface area contributed by atoms with Crippen LogP contribution in [0.5, 0.6) is 0 Å². The number of carbonyl (C=O) groups excluding carboxylic acids is 1. The van der Waals surface area contributed by atoms with E-state index < -0.39 is 49.3 Å². The Morgan fingerprint density at radius 2 is 1.97 bits per heavy atom. The second-order valence-electron chi connectivity index (χ2n) is 9.78. The standard InChI is InChI=1S/C19H28N2O7Si/c1-10-8-21(16(24)20-13(10)22)14-11-12-18(27-14,15(23)25-5)9-19(12,26-11)28-29(6,7)17(2,3)4/h8,11-12,14H,9H2,1-7H3,(H,20,22,24)/t11?,12?,14-,18+,19?/m1/s1. The minimum Gasteiger partial charge on any atom is -0.467 e. The van der Waals surface area contributed by atoms with Gasteiger partial charge in [0.15, 0.2) is 25.9 Å². The van der Waals surface area contributed by atoms with Crippen molar-refractivity contribution in [2.24, 2.45) is 5.92 Å². The fraction of sp³-hybridized carbons (Fsp3) is 0.737. The van der Waals surface area contributed by atoms with Crippen molar-refractivity contribution in [3.8, 4) is 0 Å². The van der Waals surface area contributed by atoms with Crippen LogP contribution in [0.1, 0.15) is 39.0 Å². The summed E-state index contributed by atoms with van der Waals surface area (Å²) in [6, 6.07) is 0. The average molecular weight is 425 g/mol. The molecular weight excluding hydrogens is 396 g/mol. The van der Waals surface area contributed by atoms with Crippen LogP contribution in [0.4, 0.5) is 0 Å². The molecule has 4 rings (SSSR count). The first-order chi connectivity index (χ1) is 13.3. The number of nitrogens with one attached hydrogen (secondary N) is 1. The number of esters is 1. The zero-order chi connectivity index (χ0) is 21.6. The molecule has 3 heterocycles. The largest absolute Gasteiger partial charge is 0.467 e. The monoisotopic (exact) mass is 424 g/mol. The Balaban J connectivity index is 1.71. The molecule has 1 aliphatic carbocycles. The van der Waals surface area contributed by atoms with Crippen LogP contribution in [0.3, 0.4) is 0 Å². The highest BCUT2D eigenvalue weighted by Gasteiger charge is 2.86. The van der Waals surface area contributed by atoms with Gasteiger partial charge in [-0.25, -0.2) is 9.59 Å². The Hall–Kier alpha value is -1.75. The van der Waals surface area contributed by atoms with Gasteiger partial charge in [-0.1, -0.05) is 20.8 Å². The molecule has 2 saturated heterocycles. The second kappa shape index (κ2) is 5.90. The van der Waals surface area contributed by atoms with Crippen LogP contribution in [-0.4, -0.2) is 48.4 Å². The van der Waals surface area contributed by atoms with Gasteiger partial charge >= 0.3 is 11.7 Å². The lowest BCUT2D eigenvalue weighted by atomic mass is 9.59. The van der Waals surface area contributed by atoms with Crippen LogP contribution < -0.4 is 11.2 Å². The zero-order valence-corrected chi connectivity index (χ0v) is 18.8.